The third kappa shape index (κ3) is 4.22. The molecule has 0 aliphatic carbocycles. The molecule has 0 bridgehead atoms. The van der Waals surface area contributed by atoms with Gasteiger partial charge in [-0.1, -0.05) is 19.1 Å². The number of amides is 1. The fraction of sp³-hybridized carbons (Fsp3) is 0.211. The number of rotatable bonds is 7. The normalized spacial score (nSPS) is 11.7. The number of ether oxygens (including phenoxy) is 2. The molecule has 140 valence electrons. The number of benzene rings is 2. The first-order valence-corrected chi connectivity index (χ1v) is 8.31. The summed E-state index contributed by atoms with van der Waals surface area (Å²) in [7, 11) is 1.57. The zero-order chi connectivity index (χ0) is 19.2. The van der Waals surface area contributed by atoms with Crippen molar-refractivity contribution in [3.05, 3.63) is 54.3 Å². The third-order valence-corrected chi connectivity index (χ3v) is 3.86. The lowest BCUT2D eigenvalue weighted by atomic mass is 10.1. The lowest BCUT2D eigenvalue weighted by Gasteiger charge is -2.17. The second-order valence-corrected chi connectivity index (χ2v) is 5.62. The summed E-state index contributed by atoms with van der Waals surface area (Å²) in [5, 5.41) is 10.2. The molecule has 0 saturated carbocycles. The molecule has 1 aromatic heterocycles. The Morgan fingerprint density at radius 3 is 2.59 bits per heavy atom. The van der Waals surface area contributed by atoms with Gasteiger partial charge in [-0.2, -0.15) is 0 Å². The Bertz CT molecular complexity index is 911. The fourth-order valence-corrected chi connectivity index (χ4v) is 2.42. The highest BCUT2D eigenvalue weighted by atomic mass is 19.1. The van der Waals surface area contributed by atoms with E-state index in [2.05, 4.69) is 15.6 Å². The van der Waals surface area contributed by atoms with Crippen LogP contribution in [0.2, 0.25) is 0 Å². The van der Waals surface area contributed by atoms with Gasteiger partial charge >= 0.3 is 0 Å². The van der Waals surface area contributed by atoms with Crippen molar-refractivity contribution in [2.75, 3.05) is 12.4 Å². The molecule has 3 aromatic rings. The maximum Gasteiger partial charge on any atom is 0.266 e. The zero-order valence-electron chi connectivity index (χ0n) is 14.8. The van der Waals surface area contributed by atoms with E-state index in [-0.39, 0.29) is 11.6 Å². The van der Waals surface area contributed by atoms with Gasteiger partial charge in [0.25, 0.3) is 5.91 Å². The van der Waals surface area contributed by atoms with Crippen LogP contribution >= 0.6 is 0 Å². The summed E-state index contributed by atoms with van der Waals surface area (Å²) in [5.74, 6) is -0.170. The highest BCUT2D eigenvalue weighted by Crippen LogP contribution is 2.27. The standard InChI is InChI=1S/C19H18FN3O4/c1-3-15(26-16-7-5-4-6-14(16)20)19(24)21-18-17(22-27-23-18)12-8-10-13(25-2)11-9-12/h4-11,15H,3H2,1-2H3,(H,21,23,24)/t15-/m0/s1. The summed E-state index contributed by atoms with van der Waals surface area (Å²) in [6.07, 6.45) is -0.564. The van der Waals surface area contributed by atoms with E-state index in [1.807, 2.05) is 0 Å². The number of anilines is 1. The van der Waals surface area contributed by atoms with Crippen LogP contribution < -0.4 is 14.8 Å². The van der Waals surface area contributed by atoms with Crippen LogP contribution in [-0.2, 0) is 4.79 Å². The summed E-state index contributed by atoms with van der Waals surface area (Å²) < 4.78 is 29.1. The highest BCUT2D eigenvalue weighted by molar-refractivity contribution is 5.96. The van der Waals surface area contributed by atoms with Gasteiger partial charge in [-0.05, 0) is 53.1 Å². The maximum atomic E-state index is 13.8. The van der Waals surface area contributed by atoms with Crippen LogP contribution in [0.4, 0.5) is 10.2 Å². The van der Waals surface area contributed by atoms with Gasteiger partial charge in [0.05, 0.1) is 7.11 Å². The second kappa shape index (κ2) is 8.31. The minimum atomic E-state index is -0.901. The van der Waals surface area contributed by atoms with Crippen molar-refractivity contribution in [2.24, 2.45) is 0 Å². The highest BCUT2D eigenvalue weighted by Gasteiger charge is 2.23. The second-order valence-electron chi connectivity index (χ2n) is 5.62. The molecule has 1 atom stereocenters. The Morgan fingerprint density at radius 1 is 1.19 bits per heavy atom. The topological polar surface area (TPSA) is 86.5 Å². The van der Waals surface area contributed by atoms with Crippen LogP contribution in [0.15, 0.2) is 53.2 Å². The van der Waals surface area contributed by atoms with Crippen molar-refractivity contribution in [3.63, 3.8) is 0 Å². The molecule has 0 aliphatic rings. The Hall–Kier alpha value is -3.42. The quantitative estimate of drug-likeness (QED) is 0.682. The number of halogens is 1. The van der Waals surface area contributed by atoms with E-state index in [1.165, 1.54) is 12.1 Å². The van der Waals surface area contributed by atoms with E-state index in [0.717, 1.165) is 0 Å². The molecule has 3 rings (SSSR count). The summed E-state index contributed by atoms with van der Waals surface area (Å²) in [6.45, 7) is 1.76. The van der Waals surface area contributed by atoms with E-state index in [9.17, 15) is 9.18 Å². The van der Waals surface area contributed by atoms with Gasteiger partial charge in [-0.15, -0.1) is 0 Å². The van der Waals surface area contributed by atoms with Gasteiger partial charge in [-0.25, -0.2) is 9.02 Å². The number of methoxy groups -OCH3 is 1. The summed E-state index contributed by atoms with van der Waals surface area (Å²) >= 11 is 0. The van der Waals surface area contributed by atoms with Crippen molar-refractivity contribution in [2.45, 2.75) is 19.4 Å². The molecule has 8 heteroatoms. The minimum absolute atomic E-state index is 0.00755. The Balaban J connectivity index is 1.75. The molecule has 0 aliphatic heterocycles. The summed E-state index contributed by atoms with van der Waals surface area (Å²) in [6, 6.07) is 13.0. The molecule has 0 saturated heterocycles. The van der Waals surface area contributed by atoms with Gasteiger partial charge in [-0.3, -0.25) is 4.79 Å². The van der Waals surface area contributed by atoms with Crippen molar-refractivity contribution >= 4 is 11.7 Å². The van der Waals surface area contributed by atoms with E-state index in [0.29, 0.717) is 23.4 Å². The lowest BCUT2D eigenvalue weighted by Crippen LogP contribution is -2.32. The van der Waals surface area contributed by atoms with E-state index in [4.69, 9.17) is 14.1 Å². The van der Waals surface area contributed by atoms with Crippen molar-refractivity contribution in [1.82, 2.24) is 10.3 Å². The average molecular weight is 371 g/mol. The van der Waals surface area contributed by atoms with Crippen molar-refractivity contribution in [1.29, 1.82) is 0 Å². The van der Waals surface area contributed by atoms with Crippen molar-refractivity contribution < 1.29 is 23.3 Å². The molecule has 0 unspecified atom stereocenters. The lowest BCUT2D eigenvalue weighted by molar-refractivity contribution is -0.122. The van der Waals surface area contributed by atoms with E-state index in [1.54, 1.807) is 50.4 Å². The molecular weight excluding hydrogens is 353 g/mol. The number of carbonyl (C=O) groups excluding carboxylic acids is 1. The van der Waals surface area contributed by atoms with Crippen molar-refractivity contribution in [3.8, 4) is 22.8 Å². The van der Waals surface area contributed by atoms with Crippen LogP contribution in [0.1, 0.15) is 13.3 Å². The number of carbonyl (C=O) groups is 1. The average Bonchev–Trinajstić information content (AvgIpc) is 3.15. The van der Waals surface area contributed by atoms with Crippen LogP contribution in [0.3, 0.4) is 0 Å². The molecule has 1 heterocycles. The molecule has 0 radical (unpaired) electrons. The molecule has 1 amide bonds. The SMILES string of the molecule is CC[C@H](Oc1ccccc1F)C(=O)Nc1nonc1-c1ccc(OC)cc1. The number of nitrogens with one attached hydrogen (secondary N) is 1. The van der Waals surface area contributed by atoms with Gasteiger partial charge < -0.3 is 14.8 Å². The zero-order valence-corrected chi connectivity index (χ0v) is 14.8. The molecule has 0 spiro atoms. The van der Waals surface area contributed by atoms with E-state index >= 15 is 0 Å². The number of hydrogen-bond donors (Lipinski definition) is 1. The summed E-state index contributed by atoms with van der Waals surface area (Å²) in [5.41, 5.74) is 1.06. The Kier molecular flexibility index (Phi) is 5.65. The first-order valence-electron chi connectivity index (χ1n) is 8.31. The molecule has 2 aromatic carbocycles. The molecule has 1 N–H and O–H groups in total. The first kappa shape index (κ1) is 18.4. The van der Waals surface area contributed by atoms with Gasteiger partial charge in [0.15, 0.2) is 23.4 Å². The molecule has 27 heavy (non-hydrogen) atoms. The van der Waals surface area contributed by atoms with E-state index < -0.39 is 17.8 Å². The molecule has 0 fully saturated rings. The predicted molar refractivity (Wildman–Crippen MR) is 96.0 cm³/mol. The fourth-order valence-electron chi connectivity index (χ4n) is 2.42. The number of aromatic nitrogens is 2. The van der Waals surface area contributed by atoms with Gasteiger partial charge in [0.2, 0.25) is 5.82 Å². The number of hydrogen-bond acceptors (Lipinski definition) is 6. The smallest absolute Gasteiger partial charge is 0.266 e. The van der Waals surface area contributed by atoms with Crippen LogP contribution in [-0.4, -0.2) is 29.4 Å². The maximum absolute atomic E-state index is 13.8. The minimum Gasteiger partial charge on any atom is -0.497 e. The number of nitrogens with zero attached hydrogens (tertiary/aromatic N) is 2. The van der Waals surface area contributed by atoms with Crippen LogP contribution in [0.5, 0.6) is 11.5 Å². The summed E-state index contributed by atoms with van der Waals surface area (Å²) in [4.78, 5) is 12.6. The first-order chi connectivity index (χ1) is 13.1. The monoisotopic (exact) mass is 371 g/mol. The van der Waals surface area contributed by atoms with Gasteiger partial charge in [0, 0.05) is 5.56 Å². The third-order valence-electron chi connectivity index (χ3n) is 3.86. The predicted octanol–water partition coefficient (Wildman–Crippen LogP) is 3.68. The Morgan fingerprint density at radius 2 is 1.93 bits per heavy atom. The Labute approximate surface area is 155 Å². The molecule has 7 nitrogen and oxygen atoms in total. The van der Waals surface area contributed by atoms with Crippen LogP contribution in [0.25, 0.3) is 11.3 Å². The van der Waals surface area contributed by atoms with Gasteiger partial charge in [0.1, 0.15) is 5.75 Å². The molecular formula is C19H18FN3O4. The van der Waals surface area contributed by atoms with Crippen LogP contribution in [0, 0.1) is 5.82 Å². The largest absolute Gasteiger partial charge is 0.497 e. The number of para-hydroxylation sites is 1.